The topological polar surface area (TPSA) is 97.5 Å². The molecule has 0 saturated carbocycles. The van der Waals surface area contributed by atoms with Gasteiger partial charge in [-0.2, -0.15) is 0 Å². The molecular formula is C22H19N3O4. The first-order valence-corrected chi connectivity index (χ1v) is 9.11. The standard InChI is InChI=1S/C22H19N3O4/c1-14(15-7-9-17(26)10-8-15)24-22(27)18-12-29-20(25-18)13-28-19-6-2-4-16-5-3-11-23-21(16)19/h2-12,14,26H,13H2,1H3,(H,24,27)/t14-/m0/s1. The molecular weight excluding hydrogens is 370 g/mol. The van der Waals surface area contributed by atoms with Crippen LogP contribution in [0.4, 0.5) is 0 Å². The number of benzene rings is 2. The van der Waals surface area contributed by atoms with Gasteiger partial charge in [0.1, 0.15) is 23.3 Å². The maximum Gasteiger partial charge on any atom is 0.273 e. The van der Waals surface area contributed by atoms with Crippen molar-refractivity contribution in [3.05, 3.63) is 84.2 Å². The average molecular weight is 389 g/mol. The van der Waals surface area contributed by atoms with Gasteiger partial charge in [-0.05, 0) is 36.8 Å². The van der Waals surface area contributed by atoms with Gasteiger partial charge in [0.15, 0.2) is 12.3 Å². The third kappa shape index (κ3) is 4.19. The zero-order chi connectivity index (χ0) is 20.2. The summed E-state index contributed by atoms with van der Waals surface area (Å²) >= 11 is 0. The van der Waals surface area contributed by atoms with Crippen LogP contribution < -0.4 is 10.1 Å². The lowest BCUT2D eigenvalue weighted by Gasteiger charge is -2.13. The highest BCUT2D eigenvalue weighted by Gasteiger charge is 2.16. The number of pyridine rings is 1. The molecule has 2 N–H and O–H groups in total. The molecule has 0 aliphatic heterocycles. The van der Waals surface area contributed by atoms with Crippen LogP contribution in [-0.2, 0) is 6.61 Å². The summed E-state index contributed by atoms with van der Waals surface area (Å²) in [5.74, 6) is 0.732. The Morgan fingerprint density at radius 1 is 1.17 bits per heavy atom. The van der Waals surface area contributed by atoms with Gasteiger partial charge in [-0.25, -0.2) is 4.98 Å². The van der Waals surface area contributed by atoms with Crippen LogP contribution in [0.2, 0.25) is 0 Å². The van der Waals surface area contributed by atoms with Crippen molar-refractivity contribution >= 4 is 16.8 Å². The number of nitrogens with one attached hydrogen (secondary N) is 1. The van der Waals surface area contributed by atoms with Gasteiger partial charge >= 0.3 is 0 Å². The molecule has 7 nitrogen and oxygen atoms in total. The Hall–Kier alpha value is -3.87. The molecule has 0 spiro atoms. The maximum absolute atomic E-state index is 12.4. The second-order valence-electron chi connectivity index (χ2n) is 6.53. The van der Waals surface area contributed by atoms with Crippen molar-refractivity contribution in [2.75, 3.05) is 0 Å². The van der Waals surface area contributed by atoms with Gasteiger partial charge in [0.05, 0.1) is 6.04 Å². The number of carbonyl (C=O) groups excluding carboxylic acids is 1. The molecule has 0 fully saturated rings. The Bertz CT molecular complexity index is 1130. The molecule has 1 amide bonds. The van der Waals surface area contributed by atoms with E-state index in [2.05, 4.69) is 15.3 Å². The number of aromatic hydroxyl groups is 1. The second kappa shape index (κ2) is 8.02. The van der Waals surface area contributed by atoms with E-state index in [1.807, 2.05) is 37.3 Å². The van der Waals surface area contributed by atoms with Crippen molar-refractivity contribution in [1.29, 1.82) is 0 Å². The summed E-state index contributed by atoms with van der Waals surface area (Å²) in [6.07, 6.45) is 3.01. The van der Waals surface area contributed by atoms with Gasteiger partial charge in [0.2, 0.25) is 5.89 Å². The lowest BCUT2D eigenvalue weighted by molar-refractivity contribution is 0.0934. The molecule has 0 aliphatic rings. The number of phenols is 1. The number of rotatable bonds is 6. The molecule has 0 radical (unpaired) electrons. The molecule has 0 unspecified atom stereocenters. The average Bonchev–Trinajstić information content (AvgIpc) is 3.22. The van der Waals surface area contributed by atoms with E-state index >= 15 is 0 Å². The second-order valence-corrected chi connectivity index (χ2v) is 6.53. The van der Waals surface area contributed by atoms with Crippen molar-refractivity contribution in [2.24, 2.45) is 0 Å². The number of amides is 1. The van der Waals surface area contributed by atoms with Gasteiger partial charge in [-0.15, -0.1) is 0 Å². The number of nitrogens with zero attached hydrogens (tertiary/aromatic N) is 2. The summed E-state index contributed by atoms with van der Waals surface area (Å²) in [6, 6.07) is 15.9. The Morgan fingerprint density at radius 3 is 2.79 bits per heavy atom. The van der Waals surface area contributed by atoms with Crippen molar-refractivity contribution in [2.45, 2.75) is 19.6 Å². The molecule has 29 heavy (non-hydrogen) atoms. The van der Waals surface area contributed by atoms with Crippen molar-refractivity contribution in [1.82, 2.24) is 15.3 Å². The van der Waals surface area contributed by atoms with Crippen LogP contribution in [0.1, 0.15) is 34.9 Å². The van der Waals surface area contributed by atoms with Crippen LogP contribution >= 0.6 is 0 Å². The van der Waals surface area contributed by atoms with Crippen LogP contribution in [-0.4, -0.2) is 21.0 Å². The zero-order valence-corrected chi connectivity index (χ0v) is 15.7. The Balaban J connectivity index is 1.40. The number of carbonyl (C=O) groups is 1. The molecule has 7 heteroatoms. The highest BCUT2D eigenvalue weighted by molar-refractivity contribution is 5.92. The Kier molecular flexibility index (Phi) is 5.11. The van der Waals surface area contributed by atoms with Crippen molar-refractivity contribution in [3.63, 3.8) is 0 Å². The zero-order valence-electron chi connectivity index (χ0n) is 15.7. The van der Waals surface area contributed by atoms with Crippen molar-refractivity contribution in [3.8, 4) is 11.5 Å². The number of ether oxygens (including phenoxy) is 1. The SMILES string of the molecule is C[C@H](NC(=O)c1coc(COc2cccc3cccnc23)n1)c1ccc(O)cc1. The minimum absolute atomic E-state index is 0.0798. The first kappa shape index (κ1) is 18.5. The number of hydrogen-bond donors (Lipinski definition) is 2. The summed E-state index contributed by atoms with van der Waals surface area (Å²) in [6.45, 7) is 1.93. The van der Waals surface area contributed by atoms with Crippen LogP contribution in [0.3, 0.4) is 0 Å². The number of aromatic nitrogens is 2. The van der Waals surface area contributed by atoms with E-state index in [1.165, 1.54) is 6.26 Å². The van der Waals surface area contributed by atoms with E-state index in [0.29, 0.717) is 11.6 Å². The number of fused-ring (bicyclic) bond motifs is 1. The first-order chi connectivity index (χ1) is 14.1. The van der Waals surface area contributed by atoms with E-state index in [4.69, 9.17) is 9.15 Å². The van der Waals surface area contributed by atoms with Crippen LogP contribution in [0, 0.1) is 0 Å². The lowest BCUT2D eigenvalue weighted by Crippen LogP contribution is -2.26. The molecule has 0 bridgehead atoms. The third-order valence-corrected chi connectivity index (χ3v) is 4.47. The fourth-order valence-corrected chi connectivity index (χ4v) is 2.93. The van der Waals surface area contributed by atoms with Gasteiger partial charge in [0.25, 0.3) is 5.91 Å². The van der Waals surface area contributed by atoms with Gasteiger partial charge in [-0.1, -0.05) is 30.3 Å². The van der Waals surface area contributed by atoms with E-state index in [0.717, 1.165) is 16.5 Å². The Labute approximate surface area is 167 Å². The van der Waals surface area contributed by atoms with Gasteiger partial charge < -0.3 is 19.6 Å². The minimum Gasteiger partial charge on any atom is -0.508 e. The van der Waals surface area contributed by atoms with Gasteiger partial charge in [-0.3, -0.25) is 9.78 Å². The smallest absolute Gasteiger partial charge is 0.273 e. The molecule has 1 atom stereocenters. The molecule has 2 heterocycles. The summed E-state index contributed by atoms with van der Waals surface area (Å²) in [4.78, 5) is 21.0. The summed E-state index contributed by atoms with van der Waals surface area (Å²) in [5, 5.41) is 13.2. The minimum atomic E-state index is -0.354. The monoisotopic (exact) mass is 389 g/mol. The van der Waals surface area contributed by atoms with E-state index in [9.17, 15) is 9.90 Å². The number of hydrogen-bond acceptors (Lipinski definition) is 6. The third-order valence-electron chi connectivity index (χ3n) is 4.47. The predicted molar refractivity (Wildman–Crippen MR) is 107 cm³/mol. The highest BCUT2D eigenvalue weighted by atomic mass is 16.5. The first-order valence-electron chi connectivity index (χ1n) is 9.11. The molecule has 146 valence electrons. The van der Waals surface area contributed by atoms with Gasteiger partial charge in [0, 0.05) is 11.6 Å². The largest absolute Gasteiger partial charge is 0.508 e. The molecule has 4 rings (SSSR count). The van der Waals surface area contributed by atoms with Crippen LogP contribution in [0.5, 0.6) is 11.5 Å². The number of para-hydroxylation sites is 1. The molecule has 4 aromatic rings. The number of oxazole rings is 1. The maximum atomic E-state index is 12.4. The summed E-state index contributed by atoms with van der Waals surface area (Å²) < 4.78 is 11.2. The normalized spacial score (nSPS) is 11.9. The van der Waals surface area contributed by atoms with E-state index in [-0.39, 0.29) is 30.0 Å². The molecule has 0 aliphatic carbocycles. The molecule has 0 saturated heterocycles. The quantitative estimate of drug-likeness (QED) is 0.517. The molecule has 2 aromatic heterocycles. The van der Waals surface area contributed by atoms with Crippen LogP contribution in [0.15, 0.2) is 71.5 Å². The summed E-state index contributed by atoms with van der Waals surface area (Å²) in [5.41, 5.74) is 1.79. The molecule has 2 aromatic carbocycles. The number of phenolic OH excluding ortho intramolecular Hbond substituents is 1. The van der Waals surface area contributed by atoms with E-state index in [1.54, 1.807) is 30.5 Å². The van der Waals surface area contributed by atoms with E-state index < -0.39 is 0 Å². The fourth-order valence-electron chi connectivity index (χ4n) is 2.93. The Morgan fingerprint density at radius 2 is 1.97 bits per heavy atom. The summed E-state index contributed by atoms with van der Waals surface area (Å²) in [7, 11) is 0. The lowest BCUT2D eigenvalue weighted by atomic mass is 10.1. The fraction of sp³-hybridized carbons (Fsp3) is 0.136. The highest BCUT2D eigenvalue weighted by Crippen LogP contribution is 2.24. The predicted octanol–water partition coefficient (Wildman–Crippen LogP) is 4.00. The van der Waals surface area contributed by atoms with Crippen molar-refractivity contribution < 1.29 is 19.1 Å². The van der Waals surface area contributed by atoms with Crippen LogP contribution in [0.25, 0.3) is 10.9 Å².